The average Bonchev–Trinajstić information content (AvgIpc) is 3.09. The molecule has 0 heterocycles. The molecule has 0 aromatic heterocycles. The zero-order valence-electron chi connectivity index (χ0n) is 28.1. The average molecular weight is 779 g/mol. The van der Waals surface area contributed by atoms with E-state index < -0.39 is 10.1 Å². The van der Waals surface area contributed by atoms with Crippen LogP contribution in [0.15, 0.2) is 84.9 Å². The van der Waals surface area contributed by atoms with E-state index in [4.69, 9.17) is 28.2 Å². The van der Waals surface area contributed by atoms with E-state index in [1.54, 1.807) is 14.2 Å². The molecular formula is C39H47NO5PPdS-3. The molecule has 4 aromatic rings. The topological polar surface area (TPSA) is 102 Å². The first-order chi connectivity index (χ1) is 22.7. The molecule has 2 aliphatic carbocycles. The largest absolute Gasteiger partial charge is 0.748 e. The molecule has 0 radical (unpaired) electrons. The Balaban J connectivity index is 0.000000272. The van der Waals surface area contributed by atoms with Gasteiger partial charge in [0.2, 0.25) is 0 Å². The minimum atomic E-state index is -3.92. The maximum atomic E-state index is 9.08. The van der Waals surface area contributed by atoms with Gasteiger partial charge in [-0.05, 0) is 55.2 Å². The molecular weight excluding hydrogens is 732 g/mol. The Morgan fingerprint density at radius 1 is 0.750 bits per heavy atom. The van der Waals surface area contributed by atoms with E-state index in [0.29, 0.717) is 6.26 Å². The summed E-state index contributed by atoms with van der Waals surface area (Å²) in [4.78, 5) is 0. The van der Waals surface area contributed by atoms with Crippen LogP contribution in [0.25, 0.3) is 22.3 Å². The van der Waals surface area contributed by atoms with E-state index in [1.807, 2.05) is 54.6 Å². The van der Waals surface area contributed by atoms with Gasteiger partial charge in [-0.25, -0.2) is 8.42 Å². The number of benzene rings is 4. The van der Waals surface area contributed by atoms with Crippen LogP contribution in [-0.2, 0) is 30.5 Å². The van der Waals surface area contributed by atoms with Crippen molar-refractivity contribution < 1.29 is 42.9 Å². The van der Waals surface area contributed by atoms with E-state index in [1.165, 1.54) is 75.1 Å². The number of rotatable bonds is 7. The number of methoxy groups -OCH3 is 2. The normalized spacial score (nSPS) is 15.2. The second-order valence-electron chi connectivity index (χ2n) is 12.0. The van der Waals surface area contributed by atoms with Crippen LogP contribution in [0.4, 0.5) is 5.69 Å². The van der Waals surface area contributed by atoms with Gasteiger partial charge in [0.05, 0.1) is 24.3 Å². The van der Waals surface area contributed by atoms with Gasteiger partial charge in [-0.2, -0.15) is 54.6 Å². The van der Waals surface area contributed by atoms with E-state index in [-0.39, 0.29) is 28.3 Å². The molecule has 0 unspecified atom stereocenters. The van der Waals surface area contributed by atoms with Crippen LogP contribution < -0.4 is 20.5 Å². The molecule has 0 bridgehead atoms. The minimum Gasteiger partial charge on any atom is -0.748 e. The number of para-hydroxylation sites is 1. The maximum absolute atomic E-state index is 9.08. The van der Waals surface area contributed by atoms with Crippen molar-refractivity contribution in [1.82, 2.24) is 0 Å². The summed E-state index contributed by atoms with van der Waals surface area (Å²) in [6, 6.07) is 35.1. The summed E-state index contributed by atoms with van der Waals surface area (Å²) in [7, 11) is -0.635. The minimum absolute atomic E-state index is 0. The zero-order valence-corrected chi connectivity index (χ0v) is 31.4. The van der Waals surface area contributed by atoms with Gasteiger partial charge < -0.3 is 19.8 Å². The summed E-state index contributed by atoms with van der Waals surface area (Å²) in [6.45, 7) is 0. The molecule has 0 spiro atoms. The molecule has 48 heavy (non-hydrogen) atoms. The molecule has 6 rings (SSSR count). The summed E-state index contributed by atoms with van der Waals surface area (Å²) >= 11 is 0. The van der Waals surface area contributed by atoms with E-state index >= 15 is 0 Å². The van der Waals surface area contributed by atoms with Gasteiger partial charge in [0.25, 0.3) is 0 Å². The number of nitrogen functional groups attached to an aromatic ring is 1. The Morgan fingerprint density at radius 3 is 1.77 bits per heavy atom. The third kappa shape index (κ3) is 11.7. The monoisotopic (exact) mass is 778 g/mol. The predicted octanol–water partition coefficient (Wildman–Crippen LogP) is 8.84. The van der Waals surface area contributed by atoms with Crippen LogP contribution in [0.2, 0.25) is 0 Å². The Kier molecular flexibility index (Phi) is 16.6. The molecule has 2 fully saturated rings. The number of hydrogen-bond donors (Lipinski definition) is 1. The van der Waals surface area contributed by atoms with Crippen LogP contribution in [0.5, 0.6) is 11.5 Å². The first-order valence-corrected chi connectivity index (χ1v) is 19.7. The van der Waals surface area contributed by atoms with Crippen LogP contribution in [0.3, 0.4) is 0 Å². The number of hydrogen-bond acceptors (Lipinski definition) is 6. The molecule has 2 saturated carbocycles. The fraction of sp³-hybridized carbons (Fsp3) is 0.385. The van der Waals surface area contributed by atoms with Crippen molar-refractivity contribution in [2.75, 3.05) is 26.2 Å². The van der Waals surface area contributed by atoms with Gasteiger partial charge >= 0.3 is 0 Å². The van der Waals surface area contributed by atoms with Gasteiger partial charge in [0, 0.05) is 37.9 Å². The fourth-order valence-corrected chi connectivity index (χ4v) is 10.5. The SMILES string of the molecule is COc1cccc(OC)c1-c1ccc[c-]c1P(C1CCCCC1)C1CCCCC1.CS(=O)(=O)[O-].Nc1ccccc1-c1c[c-]ccc1.[Pd]. The molecule has 0 aliphatic heterocycles. The van der Waals surface area contributed by atoms with Crippen molar-refractivity contribution in [3.05, 3.63) is 97.1 Å². The molecule has 2 N–H and O–H groups in total. The van der Waals surface area contributed by atoms with Gasteiger partial charge in [-0.1, -0.05) is 76.3 Å². The first-order valence-electron chi connectivity index (χ1n) is 16.4. The summed E-state index contributed by atoms with van der Waals surface area (Å²) in [5, 5.41) is 1.46. The third-order valence-electron chi connectivity index (χ3n) is 8.70. The van der Waals surface area contributed by atoms with Crippen molar-refractivity contribution in [2.24, 2.45) is 0 Å². The Bertz CT molecular complexity index is 1590. The zero-order chi connectivity index (χ0) is 33.6. The molecule has 0 amide bonds. The van der Waals surface area contributed by atoms with Crippen LogP contribution in [0.1, 0.15) is 64.2 Å². The second-order valence-corrected chi connectivity index (χ2v) is 16.2. The predicted molar refractivity (Wildman–Crippen MR) is 195 cm³/mol. The van der Waals surface area contributed by atoms with E-state index in [9.17, 15) is 0 Å². The van der Waals surface area contributed by atoms with Crippen molar-refractivity contribution in [3.8, 4) is 33.8 Å². The van der Waals surface area contributed by atoms with Gasteiger partial charge in [0.15, 0.2) is 0 Å². The Hall–Kier alpha value is -2.72. The van der Waals surface area contributed by atoms with Crippen molar-refractivity contribution in [3.63, 3.8) is 0 Å². The molecule has 4 aromatic carbocycles. The van der Waals surface area contributed by atoms with Gasteiger partial charge in [0.1, 0.15) is 11.5 Å². The number of nitrogens with two attached hydrogens (primary N) is 1. The van der Waals surface area contributed by atoms with Crippen molar-refractivity contribution in [1.29, 1.82) is 0 Å². The van der Waals surface area contributed by atoms with Gasteiger partial charge in [-0.3, -0.25) is 0 Å². The van der Waals surface area contributed by atoms with Crippen LogP contribution in [0, 0.1) is 12.1 Å². The van der Waals surface area contributed by atoms with Crippen molar-refractivity contribution >= 4 is 29.0 Å². The molecule has 0 saturated heterocycles. The van der Waals surface area contributed by atoms with Gasteiger partial charge in [-0.15, -0.1) is 16.4 Å². The number of ether oxygens (including phenoxy) is 2. The fourth-order valence-electron chi connectivity index (χ4n) is 6.66. The maximum Gasteiger partial charge on any atom is 0.118 e. The molecule has 2 aliphatic rings. The Labute approximate surface area is 303 Å². The molecule has 6 nitrogen and oxygen atoms in total. The molecule has 262 valence electrons. The molecule has 9 heteroatoms. The van der Waals surface area contributed by atoms with E-state index in [2.05, 4.69) is 42.5 Å². The van der Waals surface area contributed by atoms with Crippen molar-refractivity contribution in [2.45, 2.75) is 75.5 Å². The summed E-state index contributed by atoms with van der Waals surface area (Å²) in [5.74, 6) is 1.79. The molecule has 0 atom stereocenters. The summed E-state index contributed by atoms with van der Waals surface area (Å²) in [5.41, 5.74) is 12.9. The quantitative estimate of drug-likeness (QED) is 0.0662. The standard InChI is InChI=1S/C26H34O2P.C12H10N.CH4O3S.Pd/c1-27-23-17-11-18-24(28-2)26(23)22-16-9-10-19-25(22)29(20-12-5-3-6-13-20)21-14-7-4-8-15-21;13-12-9-5-4-8-11(12)10-6-2-1-3-7-10;1-5(2,3)4;/h9-11,16-18,20-21H,3-8,12-15H2,1-2H3;1-2,4-9H,13H2;1H3,(H,2,3,4);/q2*-1;;/p-1. The van der Waals surface area contributed by atoms with Crippen LogP contribution >= 0.6 is 7.92 Å². The van der Waals surface area contributed by atoms with Crippen LogP contribution in [-0.4, -0.2) is 44.8 Å². The third-order valence-corrected chi connectivity index (χ3v) is 12.2. The van der Waals surface area contributed by atoms with E-state index in [0.717, 1.165) is 45.2 Å². The summed E-state index contributed by atoms with van der Waals surface area (Å²) in [6.07, 6.45) is 14.6. The first kappa shape index (κ1) is 39.7. The smallest absolute Gasteiger partial charge is 0.118 e. The second kappa shape index (κ2) is 20.1. The Morgan fingerprint density at radius 2 is 1.27 bits per heavy atom. The summed E-state index contributed by atoms with van der Waals surface area (Å²) < 4.78 is 38.8. The number of anilines is 1.